The van der Waals surface area contributed by atoms with Crippen molar-refractivity contribution in [1.29, 1.82) is 0 Å². The maximum atomic E-state index is 10.2. The molecule has 0 saturated carbocycles. The van der Waals surface area contributed by atoms with E-state index in [-0.39, 0.29) is 6.54 Å². The van der Waals surface area contributed by atoms with Crippen LogP contribution < -0.4 is 10.4 Å². The van der Waals surface area contributed by atoms with E-state index in [1.54, 1.807) is 4.52 Å². The predicted octanol–water partition coefficient (Wildman–Crippen LogP) is 1.40. The van der Waals surface area contributed by atoms with Crippen molar-refractivity contribution in [3.8, 4) is 11.3 Å². The van der Waals surface area contributed by atoms with Crippen molar-refractivity contribution in [1.82, 2.24) is 19.9 Å². The molecule has 0 saturated heterocycles. The number of imidazole rings is 1. The second kappa shape index (κ2) is 5.90. The smallest absolute Gasteiger partial charge is 0.231 e. The van der Waals surface area contributed by atoms with Crippen LogP contribution in [0, 0.1) is 0 Å². The topological polar surface area (TPSA) is 82.8 Å². The van der Waals surface area contributed by atoms with Gasteiger partial charge in [-0.05, 0) is 0 Å². The summed E-state index contributed by atoms with van der Waals surface area (Å²) in [6.07, 6.45) is 2.41. The lowest BCUT2D eigenvalue weighted by Crippen LogP contribution is -2.28. The molecule has 3 rings (SSSR count). The van der Waals surface area contributed by atoms with Gasteiger partial charge in [-0.15, -0.1) is 5.10 Å². The van der Waals surface area contributed by atoms with Gasteiger partial charge in [0, 0.05) is 12.1 Å². The van der Waals surface area contributed by atoms with Gasteiger partial charge >= 0.3 is 0 Å². The molecule has 1 aromatic carbocycles. The van der Waals surface area contributed by atoms with E-state index >= 15 is 0 Å². The van der Waals surface area contributed by atoms with Crippen molar-refractivity contribution >= 4 is 27.8 Å². The lowest BCUT2D eigenvalue weighted by Gasteiger charge is -2.11. The van der Waals surface area contributed by atoms with Gasteiger partial charge in [-0.3, -0.25) is 10.0 Å². The lowest BCUT2D eigenvalue weighted by molar-refractivity contribution is -0.109. The van der Waals surface area contributed by atoms with Crippen molar-refractivity contribution in [3.05, 3.63) is 36.5 Å². The molecule has 2 N–H and O–H groups in total. The molecule has 21 heavy (non-hydrogen) atoms. The molecule has 8 heteroatoms. The highest BCUT2D eigenvalue weighted by Crippen LogP contribution is 2.25. The van der Waals surface area contributed by atoms with Gasteiger partial charge in [-0.2, -0.15) is 0 Å². The minimum absolute atomic E-state index is 0.265. The fraction of sp³-hybridized carbons (Fsp3) is 0.154. The molecule has 0 atom stereocenters. The maximum Gasteiger partial charge on any atom is 0.231 e. The van der Waals surface area contributed by atoms with Crippen LogP contribution in [0.4, 0.5) is 5.13 Å². The van der Waals surface area contributed by atoms with Crippen molar-refractivity contribution in [2.24, 2.45) is 0 Å². The van der Waals surface area contributed by atoms with Crippen LogP contribution in [0.2, 0.25) is 0 Å². The highest BCUT2D eigenvalue weighted by Gasteiger charge is 2.13. The highest BCUT2D eigenvalue weighted by molar-refractivity contribution is 7.20. The zero-order chi connectivity index (χ0) is 14.7. The Kier molecular flexibility index (Phi) is 3.80. The molecule has 0 radical (unpaired) electrons. The van der Waals surface area contributed by atoms with Gasteiger partial charge < -0.3 is 5.32 Å². The fourth-order valence-corrected chi connectivity index (χ4v) is 2.69. The van der Waals surface area contributed by atoms with Crippen LogP contribution in [-0.2, 0) is 4.79 Å². The summed E-state index contributed by atoms with van der Waals surface area (Å²) in [7, 11) is 0. The summed E-state index contributed by atoms with van der Waals surface area (Å²) >= 11 is 1.28. The summed E-state index contributed by atoms with van der Waals surface area (Å²) in [6, 6.07) is 9.83. The zero-order valence-corrected chi connectivity index (χ0v) is 11.8. The summed E-state index contributed by atoms with van der Waals surface area (Å²) in [5.41, 5.74) is 1.86. The van der Waals surface area contributed by atoms with Crippen LogP contribution in [0.3, 0.4) is 0 Å². The molecule has 3 aromatic rings. The van der Waals surface area contributed by atoms with E-state index in [9.17, 15) is 10.0 Å². The van der Waals surface area contributed by atoms with E-state index in [4.69, 9.17) is 0 Å². The number of nitrogens with zero attached hydrogens (tertiary/aromatic N) is 4. The molecule has 0 bridgehead atoms. The van der Waals surface area contributed by atoms with E-state index in [0.29, 0.717) is 23.0 Å². The molecule has 0 aliphatic carbocycles. The Morgan fingerprint density at radius 1 is 1.38 bits per heavy atom. The Morgan fingerprint density at radius 2 is 2.19 bits per heavy atom. The first-order valence-electron chi connectivity index (χ1n) is 6.33. The summed E-state index contributed by atoms with van der Waals surface area (Å²) in [4.78, 5) is 15.3. The third kappa shape index (κ3) is 2.86. The number of aromatic nitrogens is 3. The van der Waals surface area contributed by atoms with Crippen molar-refractivity contribution < 1.29 is 10.0 Å². The van der Waals surface area contributed by atoms with E-state index in [0.717, 1.165) is 16.3 Å². The molecule has 2 aromatic heterocycles. The molecule has 108 valence electrons. The molecule has 0 spiro atoms. The van der Waals surface area contributed by atoms with Crippen molar-refractivity contribution in [3.63, 3.8) is 0 Å². The Balaban J connectivity index is 1.79. The Bertz CT molecular complexity index is 708. The number of carbonyl (C=O) groups is 1. The molecule has 1 amide bonds. The summed E-state index contributed by atoms with van der Waals surface area (Å²) in [6.45, 7) is 0.609. The number of carbonyl (C=O) groups excluding carboxylic acids is 1. The second-order valence-corrected chi connectivity index (χ2v) is 5.23. The van der Waals surface area contributed by atoms with Gasteiger partial charge in [-0.25, -0.2) is 14.6 Å². The molecule has 0 aliphatic rings. The van der Waals surface area contributed by atoms with Gasteiger partial charge in [0.1, 0.15) is 0 Å². The van der Waals surface area contributed by atoms with Crippen LogP contribution in [0.5, 0.6) is 0 Å². The quantitative estimate of drug-likeness (QED) is 0.408. The van der Waals surface area contributed by atoms with Crippen molar-refractivity contribution in [2.75, 3.05) is 18.2 Å². The Morgan fingerprint density at radius 3 is 2.90 bits per heavy atom. The Hall–Kier alpha value is -2.45. The molecular weight excluding hydrogens is 290 g/mol. The van der Waals surface area contributed by atoms with Gasteiger partial charge in [0.2, 0.25) is 16.5 Å². The van der Waals surface area contributed by atoms with Gasteiger partial charge in [0.15, 0.2) is 0 Å². The molecule has 0 aliphatic heterocycles. The minimum atomic E-state index is 0.265. The fourth-order valence-electron chi connectivity index (χ4n) is 1.87. The monoisotopic (exact) mass is 303 g/mol. The maximum absolute atomic E-state index is 10.2. The highest BCUT2D eigenvalue weighted by atomic mass is 32.1. The number of nitrogens with one attached hydrogen (secondary N) is 1. The van der Waals surface area contributed by atoms with E-state index in [1.807, 2.05) is 36.5 Å². The second-order valence-electron chi connectivity index (χ2n) is 4.30. The first-order chi connectivity index (χ1) is 10.3. The number of hydrogen-bond acceptors (Lipinski definition) is 6. The molecule has 0 fully saturated rings. The van der Waals surface area contributed by atoms with Crippen LogP contribution in [0.15, 0.2) is 36.5 Å². The number of benzene rings is 1. The Labute approximate surface area is 124 Å². The number of amides is 1. The summed E-state index contributed by atoms with van der Waals surface area (Å²) in [5.74, 6) is 0. The third-order valence-electron chi connectivity index (χ3n) is 2.87. The van der Waals surface area contributed by atoms with Crippen LogP contribution >= 0.6 is 11.3 Å². The van der Waals surface area contributed by atoms with E-state index in [2.05, 4.69) is 15.4 Å². The first-order valence-corrected chi connectivity index (χ1v) is 7.14. The standard InChI is InChI=1S/C13H13N5O2S/c19-9-14-6-7-18(20)13-16-17-8-11(15-12(17)21-13)10-4-2-1-3-5-10/h1-5,8-9,20H,6-7H2,(H,14,19). The van der Waals surface area contributed by atoms with E-state index < -0.39 is 0 Å². The van der Waals surface area contributed by atoms with Crippen LogP contribution in [0.1, 0.15) is 0 Å². The largest absolute Gasteiger partial charge is 0.357 e. The lowest BCUT2D eigenvalue weighted by atomic mass is 10.2. The van der Waals surface area contributed by atoms with Crippen LogP contribution in [-0.4, -0.2) is 39.3 Å². The number of hydrogen-bond donors (Lipinski definition) is 2. The van der Waals surface area contributed by atoms with Gasteiger partial charge in [0.25, 0.3) is 0 Å². The molecule has 7 nitrogen and oxygen atoms in total. The van der Waals surface area contributed by atoms with E-state index in [1.165, 1.54) is 11.3 Å². The SMILES string of the molecule is O=CNCCN(O)c1nn2cc(-c3ccccc3)nc2s1. The predicted molar refractivity (Wildman–Crippen MR) is 79.5 cm³/mol. The number of anilines is 1. The average Bonchev–Trinajstić information content (AvgIpc) is 3.07. The summed E-state index contributed by atoms with van der Waals surface area (Å²) in [5, 5.41) is 18.0. The summed E-state index contributed by atoms with van der Waals surface area (Å²) < 4.78 is 1.64. The first kappa shape index (κ1) is 13.5. The zero-order valence-electron chi connectivity index (χ0n) is 11.0. The van der Waals surface area contributed by atoms with Gasteiger partial charge in [0.05, 0.1) is 18.4 Å². The molecule has 2 heterocycles. The third-order valence-corrected chi connectivity index (χ3v) is 3.81. The molecular formula is C13H13N5O2S. The van der Waals surface area contributed by atoms with Crippen LogP contribution in [0.25, 0.3) is 16.2 Å². The van der Waals surface area contributed by atoms with Crippen molar-refractivity contribution in [2.45, 2.75) is 0 Å². The van der Waals surface area contributed by atoms with Gasteiger partial charge in [-0.1, -0.05) is 41.7 Å². The molecule has 0 unspecified atom stereocenters. The normalized spacial score (nSPS) is 10.7. The number of hydroxylamine groups is 1. The number of rotatable bonds is 6. The minimum Gasteiger partial charge on any atom is -0.357 e. The average molecular weight is 303 g/mol. The number of fused-ring (bicyclic) bond motifs is 1.